The van der Waals surface area contributed by atoms with Gasteiger partial charge in [0.05, 0.1) is 0 Å². The van der Waals surface area contributed by atoms with Gasteiger partial charge in [-0.3, -0.25) is 4.79 Å². The van der Waals surface area contributed by atoms with Crippen LogP contribution in [0.15, 0.2) is 59.7 Å². The summed E-state index contributed by atoms with van der Waals surface area (Å²) in [5, 5.41) is 16.8. The fourth-order valence-electron chi connectivity index (χ4n) is 2.66. The van der Waals surface area contributed by atoms with Crippen molar-refractivity contribution in [3.8, 4) is 0 Å². The lowest BCUT2D eigenvalue weighted by Crippen LogP contribution is -2.43. The lowest BCUT2D eigenvalue weighted by Gasteiger charge is -2.31. The van der Waals surface area contributed by atoms with Gasteiger partial charge in [-0.25, -0.2) is 0 Å². The molecule has 0 bridgehead atoms. The number of hydrazone groups is 1. The topological polar surface area (TPSA) is 52.9 Å². The van der Waals surface area contributed by atoms with Crippen molar-refractivity contribution in [2.45, 2.75) is 25.0 Å². The highest BCUT2D eigenvalue weighted by molar-refractivity contribution is 6.30. The summed E-state index contributed by atoms with van der Waals surface area (Å²) in [4.78, 5) is 12.5. The van der Waals surface area contributed by atoms with E-state index in [1.807, 2.05) is 30.3 Å². The van der Waals surface area contributed by atoms with Gasteiger partial charge < -0.3 is 5.11 Å². The van der Waals surface area contributed by atoms with Crippen LogP contribution in [-0.2, 0) is 16.9 Å². The monoisotopic (exact) mass is 328 g/mol. The Labute approximate surface area is 140 Å². The van der Waals surface area contributed by atoms with Crippen LogP contribution >= 0.6 is 11.6 Å². The van der Waals surface area contributed by atoms with Crippen LogP contribution < -0.4 is 0 Å². The first-order chi connectivity index (χ1) is 11.1. The van der Waals surface area contributed by atoms with Crippen LogP contribution in [0.3, 0.4) is 0 Å². The molecule has 0 aromatic heterocycles. The molecule has 1 amide bonds. The molecule has 1 aliphatic rings. The Hall–Kier alpha value is -2.17. The molecular weight excluding hydrogens is 312 g/mol. The zero-order chi connectivity index (χ0) is 16.3. The molecule has 0 radical (unpaired) electrons. The SMILES string of the molecule is O=C(CCc1ccccc1)N1N=CC[C@@]1(O)c1ccc(Cl)cc1. The summed E-state index contributed by atoms with van der Waals surface area (Å²) in [5.74, 6) is -0.208. The highest BCUT2D eigenvalue weighted by Crippen LogP contribution is 2.34. The maximum Gasteiger partial charge on any atom is 0.245 e. The van der Waals surface area contributed by atoms with Gasteiger partial charge in [-0.2, -0.15) is 10.1 Å². The Morgan fingerprint density at radius 3 is 2.57 bits per heavy atom. The Morgan fingerprint density at radius 1 is 1.17 bits per heavy atom. The minimum absolute atomic E-state index is 0.208. The van der Waals surface area contributed by atoms with E-state index in [0.717, 1.165) is 5.56 Å². The Bertz CT molecular complexity index is 716. The fraction of sp³-hybridized carbons (Fsp3) is 0.222. The van der Waals surface area contributed by atoms with Crippen molar-refractivity contribution in [2.75, 3.05) is 0 Å². The number of carbonyl (C=O) groups excluding carboxylic acids is 1. The molecule has 2 aromatic carbocycles. The molecule has 23 heavy (non-hydrogen) atoms. The Morgan fingerprint density at radius 2 is 1.87 bits per heavy atom. The lowest BCUT2D eigenvalue weighted by atomic mass is 9.99. The van der Waals surface area contributed by atoms with Crippen molar-refractivity contribution in [3.05, 3.63) is 70.7 Å². The molecular formula is C18H17ClN2O2. The molecule has 5 heteroatoms. The molecule has 0 unspecified atom stereocenters. The molecule has 1 heterocycles. The zero-order valence-electron chi connectivity index (χ0n) is 12.5. The van der Waals surface area contributed by atoms with Gasteiger partial charge in [0.2, 0.25) is 5.91 Å². The van der Waals surface area contributed by atoms with Gasteiger partial charge in [-0.05, 0) is 24.1 Å². The number of aryl methyl sites for hydroxylation is 1. The van der Waals surface area contributed by atoms with E-state index in [2.05, 4.69) is 5.10 Å². The van der Waals surface area contributed by atoms with Crippen molar-refractivity contribution < 1.29 is 9.90 Å². The highest BCUT2D eigenvalue weighted by atomic mass is 35.5. The molecule has 1 N–H and O–H groups in total. The number of nitrogens with zero attached hydrogens (tertiary/aromatic N) is 2. The normalized spacial score (nSPS) is 20.0. The van der Waals surface area contributed by atoms with E-state index in [9.17, 15) is 9.90 Å². The van der Waals surface area contributed by atoms with Gasteiger partial charge in [-0.1, -0.05) is 54.1 Å². The number of aliphatic hydroxyl groups is 1. The molecule has 0 saturated heterocycles. The molecule has 0 fully saturated rings. The van der Waals surface area contributed by atoms with Gasteiger partial charge in [0, 0.05) is 29.6 Å². The van der Waals surface area contributed by atoms with E-state index >= 15 is 0 Å². The maximum absolute atomic E-state index is 12.5. The summed E-state index contributed by atoms with van der Waals surface area (Å²) in [6.45, 7) is 0. The van der Waals surface area contributed by atoms with Gasteiger partial charge in [0.25, 0.3) is 0 Å². The van der Waals surface area contributed by atoms with Crippen molar-refractivity contribution >= 4 is 23.7 Å². The highest BCUT2D eigenvalue weighted by Gasteiger charge is 2.42. The first-order valence-corrected chi connectivity index (χ1v) is 7.85. The molecule has 0 spiro atoms. The average Bonchev–Trinajstić information content (AvgIpc) is 2.97. The summed E-state index contributed by atoms with van der Waals surface area (Å²) in [7, 11) is 0. The number of benzene rings is 2. The fourth-order valence-corrected chi connectivity index (χ4v) is 2.79. The molecule has 4 nitrogen and oxygen atoms in total. The van der Waals surface area contributed by atoms with Crippen molar-refractivity contribution in [2.24, 2.45) is 5.10 Å². The molecule has 1 aliphatic heterocycles. The first-order valence-electron chi connectivity index (χ1n) is 7.47. The quantitative estimate of drug-likeness (QED) is 0.936. The summed E-state index contributed by atoms with van der Waals surface area (Å²) in [5.41, 5.74) is 0.254. The number of halogens is 1. The molecule has 2 aromatic rings. The van der Waals surface area contributed by atoms with Crippen molar-refractivity contribution in [1.82, 2.24) is 5.01 Å². The molecule has 0 saturated carbocycles. The van der Waals surface area contributed by atoms with Gasteiger partial charge in [0.1, 0.15) is 0 Å². The summed E-state index contributed by atoms with van der Waals surface area (Å²) >= 11 is 5.89. The average molecular weight is 329 g/mol. The number of amides is 1. The number of carbonyl (C=O) groups is 1. The molecule has 118 valence electrons. The number of hydrogen-bond donors (Lipinski definition) is 1. The third-order valence-electron chi connectivity index (χ3n) is 3.94. The maximum atomic E-state index is 12.5. The van der Waals surface area contributed by atoms with Gasteiger partial charge in [0.15, 0.2) is 5.72 Å². The third kappa shape index (κ3) is 3.28. The Balaban J connectivity index is 1.73. The van der Waals surface area contributed by atoms with Gasteiger partial charge in [-0.15, -0.1) is 0 Å². The second-order valence-corrected chi connectivity index (χ2v) is 5.95. The van der Waals surface area contributed by atoms with E-state index < -0.39 is 5.72 Å². The molecule has 3 rings (SSSR count). The number of hydrogen-bond acceptors (Lipinski definition) is 3. The standard InChI is InChI=1S/C18H17ClN2O2/c19-16-9-7-15(8-10-16)18(23)12-13-20-21(18)17(22)11-6-14-4-2-1-3-5-14/h1-5,7-10,13,23H,6,11-12H2/t18-/m1/s1. The second kappa shape index (κ2) is 6.52. The van der Waals surface area contributed by atoms with E-state index in [-0.39, 0.29) is 18.7 Å². The molecule has 1 atom stereocenters. The van der Waals surface area contributed by atoms with E-state index in [0.29, 0.717) is 17.0 Å². The van der Waals surface area contributed by atoms with E-state index in [4.69, 9.17) is 11.6 Å². The van der Waals surface area contributed by atoms with E-state index in [1.54, 1.807) is 30.5 Å². The second-order valence-electron chi connectivity index (χ2n) is 5.52. The zero-order valence-corrected chi connectivity index (χ0v) is 13.3. The van der Waals surface area contributed by atoms with Crippen LogP contribution in [0.5, 0.6) is 0 Å². The van der Waals surface area contributed by atoms with Crippen LogP contribution in [-0.4, -0.2) is 22.2 Å². The predicted octanol–water partition coefficient (Wildman–Crippen LogP) is 3.34. The summed E-state index contributed by atoms with van der Waals surface area (Å²) in [6.07, 6.45) is 2.74. The van der Waals surface area contributed by atoms with Crippen LogP contribution in [0, 0.1) is 0 Å². The largest absolute Gasteiger partial charge is 0.365 e. The smallest absolute Gasteiger partial charge is 0.245 e. The third-order valence-corrected chi connectivity index (χ3v) is 4.19. The van der Waals surface area contributed by atoms with Crippen molar-refractivity contribution in [1.29, 1.82) is 0 Å². The minimum Gasteiger partial charge on any atom is -0.365 e. The predicted molar refractivity (Wildman–Crippen MR) is 90.1 cm³/mol. The summed E-state index contributed by atoms with van der Waals surface area (Å²) in [6, 6.07) is 16.6. The minimum atomic E-state index is -1.43. The van der Waals surface area contributed by atoms with Gasteiger partial charge >= 0.3 is 0 Å². The first kappa shape index (κ1) is 15.7. The van der Waals surface area contributed by atoms with Crippen LogP contribution in [0.25, 0.3) is 0 Å². The molecule has 0 aliphatic carbocycles. The summed E-state index contributed by atoms with van der Waals surface area (Å²) < 4.78 is 0. The van der Waals surface area contributed by atoms with E-state index in [1.165, 1.54) is 5.01 Å². The van der Waals surface area contributed by atoms with Crippen LogP contribution in [0.4, 0.5) is 0 Å². The number of rotatable bonds is 4. The van der Waals surface area contributed by atoms with Crippen molar-refractivity contribution in [3.63, 3.8) is 0 Å². The Kier molecular flexibility index (Phi) is 4.46. The van der Waals surface area contributed by atoms with Crippen LogP contribution in [0.2, 0.25) is 5.02 Å². The lowest BCUT2D eigenvalue weighted by molar-refractivity contribution is -0.157. The van der Waals surface area contributed by atoms with Crippen LogP contribution in [0.1, 0.15) is 24.0 Å².